The van der Waals surface area contributed by atoms with E-state index in [9.17, 15) is 5.11 Å². The highest BCUT2D eigenvalue weighted by atomic mass is 16.3. The first-order valence-corrected chi connectivity index (χ1v) is 13.2. The van der Waals surface area contributed by atoms with E-state index in [4.69, 9.17) is 11.5 Å². The van der Waals surface area contributed by atoms with E-state index in [2.05, 4.69) is 41.9 Å². The first-order valence-electron chi connectivity index (χ1n) is 13.2. The molecule has 0 atom stereocenters. The number of rotatable bonds is 24. The Morgan fingerprint density at radius 2 is 0.944 bits per heavy atom. The van der Waals surface area contributed by atoms with Crippen LogP contribution in [0.1, 0.15) is 16.7 Å². The predicted octanol–water partition coefficient (Wildman–Crippen LogP) is -2.01. The summed E-state index contributed by atoms with van der Waals surface area (Å²) in [6.45, 7) is 15.3. The molecule has 0 saturated heterocycles. The number of phenols is 1. The first-order chi connectivity index (χ1) is 17.7. The molecule has 0 aliphatic carbocycles. The normalized spacial score (nSPS) is 11.9. The third-order valence-corrected chi connectivity index (χ3v) is 5.17. The lowest BCUT2D eigenvalue weighted by Gasteiger charge is -2.07. The van der Waals surface area contributed by atoms with Crippen molar-refractivity contribution in [3.05, 3.63) is 28.8 Å². The fourth-order valence-electron chi connectivity index (χ4n) is 3.31. The molecule has 0 aliphatic heterocycles. The number of aromatic hydroxyl groups is 1. The summed E-state index contributed by atoms with van der Waals surface area (Å²) in [6.07, 6.45) is 3.48. The lowest BCUT2D eigenvalue weighted by Crippen LogP contribution is -2.34. The van der Waals surface area contributed by atoms with Crippen LogP contribution in [0, 0.1) is 6.92 Å². The van der Waals surface area contributed by atoms with Crippen molar-refractivity contribution in [1.29, 1.82) is 0 Å². The van der Waals surface area contributed by atoms with Gasteiger partial charge in [-0.3, -0.25) is 9.98 Å². The molecule has 1 aromatic carbocycles. The van der Waals surface area contributed by atoms with E-state index in [0.29, 0.717) is 37.3 Å². The first kappa shape index (κ1) is 32.1. The van der Waals surface area contributed by atoms with E-state index in [1.165, 1.54) is 0 Å². The number of aryl methyl sites for hydroxylation is 1. The molecular formula is C25H50N10O. The zero-order valence-corrected chi connectivity index (χ0v) is 22.1. The molecule has 0 radical (unpaired) electrons. The molecule has 11 N–H and O–H groups in total. The Kier molecular flexibility index (Phi) is 20.9. The maximum absolute atomic E-state index is 10.6. The number of phenolic OH excluding ortho intramolecular Hbond substituents is 1. The molecule has 0 heterocycles. The summed E-state index contributed by atoms with van der Waals surface area (Å²) in [7, 11) is 0. The number of hydrogen-bond donors (Lipinski definition) is 9. The van der Waals surface area contributed by atoms with E-state index in [1.807, 2.05) is 19.1 Å². The Morgan fingerprint density at radius 1 is 0.611 bits per heavy atom. The second kappa shape index (κ2) is 23.4. The van der Waals surface area contributed by atoms with Crippen molar-refractivity contribution < 1.29 is 5.11 Å². The quantitative estimate of drug-likeness (QED) is 0.0568. The summed E-state index contributed by atoms with van der Waals surface area (Å²) in [6, 6.07) is 3.87. The van der Waals surface area contributed by atoms with Crippen LogP contribution in [0.15, 0.2) is 22.1 Å². The lowest BCUT2D eigenvalue weighted by molar-refractivity contribution is 0.473. The molecule has 11 heteroatoms. The maximum atomic E-state index is 10.6. The third kappa shape index (κ3) is 17.5. The van der Waals surface area contributed by atoms with Crippen LogP contribution in [0.4, 0.5) is 0 Å². The van der Waals surface area contributed by atoms with Gasteiger partial charge in [-0.15, -0.1) is 0 Å². The van der Waals surface area contributed by atoms with Gasteiger partial charge in [-0.2, -0.15) is 0 Å². The van der Waals surface area contributed by atoms with Crippen LogP contribution in [0.2, 0.25) is 0 Å². The Morgan fingerprint density at radius 3 is 1.31 bits per heavy atom. The average molecular weight is 507 g/mol. The Balaban J connectivity index is 2.20. The van der Waals surface area contributed by atoms with Gasteiger partial charge in [0.2, 0.25) is 0 Å². The molecule has 0 unspecified atom stereocenters. The molecule has 0 bridgehead atoms. The number of benzene rings is 1. The van der Waals surface area contributed by atoms with Crippen LogP contribution in [-0.4, -0.2) is 122 Å². The van der Waals surface area contributed by atoms with Crippen molar-refractivity contribution in [3.63, 3.8) is 0 Å². The van der Waals surface area contributed by atoms with Crippen molar-refractivity contribution in [3.8, 4) is 5.75 Å². The van der Waals surface area contributed by atoms with E-state index < -0.39 is 0 Å². The van der Waals surface area contributed by atoms with Crippen molar-refractivity contribution >= 4 is 12.4 Å². The van der Waals surface area contributed by atoms with Gasteiger partial charge in [0.1, 0.15) is 5.75 Å². The number of nitrogens with zero attached hydrogens (tertiary/aromatic N) is 2. The molecule has 11 nitrogen and oxygen atoms in total. The average Bonchev–Trinajstić information content (AvgIpc) is 2.87. The van der Waals surface area contributed by atoms with Crippen LogP contribution < -0.4 is 43.4 Å². The number of nitrogens with two attached hydrogens (primary N) is 2. The molecule has 0 fully saturated rings. The molecular weight excluding hydrogens is 456 g/mol. The molecule has 1 aromatic rings. The summed E-state index contributed by atoms with van der Waals surface area (Å²) in [4.78, 5) is 8.92. The smallest absolute Gasteiger partial charge is 0.133 e. The Bertz CT molecular complexity index is 659. The van der Waals surface area contributed by atoms with Gasteiger partial charge < -0.3 is 48.5 Å². The summed E-state index contributed by atoms with van der Waals surface area (Å²) in [5.41, 5.74) is 13.4. The highest BCUT2D eigenvalue weighted by Crippen LogP contribution is 2.21. The lowest BCUT2D eigenvalue weighted by atomic mass is 10.1. The molecule has 1 rings (SSSR count). The molecule has 36 heavy (non-hydrogen) atoms. The van der Waals surface area contributed by atoms with Gasteiger partial charge in [0.25, 0.3) is 0 Å². The van der Waals surface area contributed by atoms with Gasteiger partial charge in [0.05, 0.1) is 13.1 Å². The molecule has 0 aromatic heterocycles. The summed E-state index contributed by atoms with van der Waals surface area (Å²) >= 11 is 0. The van der Waals surface area contributed by atoms with Crippen LogP contribution >= 0.6 is 0 Å². The largest absolute Gasteiger partial charge is 0.507 e. The fraction of sp³-hybridized carbons (Fsp3) is 0.680. The van der Waals surface area contributed by atoms with Crippen molar-refractivity contribution in [1.82, 2.24) is 31.9 Å². The van der Waals surface area contributed by atoms with Gasteiger partial charge in [0.15, 0.2) is 0 Å². The predicted molar refractivity (Wildman–Crippen MR) is 153 cm³/mol. The zero-order valence-electron chi connectivity index (χ0n) is 22.1. The number of hydrogen-bond acceptors (Lipinski definition) is 11. The van der Waals surface area contributed by atoms with E-state index >= 15 is 0 Å². The van der Waals surface area contributed by atoms with Crippen LogP contribution in [0.3, 0.4) is 0 Å². The molecule has 206 valence electrons. The van der Waals surface area contributed by atoms with Crippen molar-refractivity contribution in [2.75, 3.05) is 105 Å². The van der Waals surface area contributed by atoms with E-state index in [0.717, 1.165) is 84.1 Å². The fourth-order valence-corrected chi connectivity index (χ4v) is 3.31. The van der Waals surface area contributed by atoms with Crippen LogP contribution in [0.5, 0.6) is 5.75 Å². The van der Waals surface area contributed by atoms with Crippen molar-refractivity contribution in [2.45, 2.75) is 6.92 Å². The number of nitrogens with one attached hydrogen (secondary N) is 6. The molecule has 0 amide bonds. The second-order valence-electron chi connectivity index (χ2n) is 8.44. The molecule has 0 spiro atoms. The van der Waals surface area contributed by atoms with Crippen molar-refractivity contribution in [2.24, 2.45) is 21.5 Å². The maximum Gasteiger partial charge on any atom is 0.133 e. The zero-order chi connectivity index (χ0) is 26.1. The Hall–Kier alpha value is -1.96. The summed E-state index contributed by atoms with van der Waals surface area (Å²) in [5.74, 6) is 0.217. The van der Waals surface area contributed by atoms with Gasteiger partial charge in [0, 0.05) is 115 Å². The molecule has 0 aliphatic rings. The molecule has 0 saturated carbocycles. The third-order valence-electron chi connectivity index (χ3n) is 5.17. The van der Waals surface area contributed by atoms with Gasteiger partial charge in [-0.05, 0) is 24.6 Å². The highest BCUT2D eigenvalue weighted by Gasteiger charge is 2.05. The monoisotopic (exact) mass is 506 g/mol. The summed E-state index contributed by atoms with van der Waals surface area (Å²) < 4.78 is 0. The second-order valence-corrected chi connectivity index (χ2v) is 8.44. The number of aliphatic imine (C=N–C) groups is 2. The minimum atomic E-state index is 0.217. The SMILES string of the molecule is Cc1cc(C=NCCNCCNCCNCCN)c(O)c(C=NCCNCCNCCNCCN)c1. The van der Waals surface area contributed by atoms with Crippen LogP contribution in [-0.2, 0) is 0 Å². The van der Waals surface area contributed by atoms with E-state index in [1.54, 1.807) is 12.4 Å². The highest BCUT2D eigenvalue weighted by molar-refractivity contribution is 5.92. The minimum absolute atomic E-state index is 0.217. The summed E-state index contributed by atoms with van der Waals surface area (Å²) in [5, 5.41) is 30.6. The van der Waals surface area contributed by atoms with Crippen LogP contribution in [0.25, 0.3) is 0 Å². The minimum Gasteiger partial charge on any atom is -0.507 e. The Labute approximate surface area is 217 Å². The standard InChI is InChI=1S/C25H50N10O/c1-22-18-23(20-34-16-14-32-12-10-30-8-6-28-4-2-26)25(36)24(19-22)21-35-17-15-33-13-11-31-9-7-29-5-3-27/h18-21,28-33,36H,2-17,26-27H2,1H3. The van der Waals surface area contributed by atoms with Gasteiger partial charge >= 0.3 is 0 Å². The van der Waals surface area contributed by atoms with Gasteiger partial charge in [-0.1, -0.05) is 0 Å². The van der Waals surface area contributed by atoms with E-state index in [-0.39, 0.29) is 5.75 Å². The van der Waals surface area contributed by atoms with Gasteiger partial charge in [-0.25, -0.2) is 0 Å². The topological polar surface area (TPSA) is 169 Å².